The fraction of sp³-hybridized carbons (Fsp3) is 0.700. The normalized spacial score (nSPS) is 39.7. The molecule has 0 radical (unpaired) electrons. The zero-order valence-electron chi connectivity index (χ0n) is 14.4. The van der Waals surface area contributed by atoms with Gasteiger partial charge in [0.2, 0.25) is 0 Å². The Balaban J connectivity index is 2.33. The van der Waals surface area contributed by atoms with Gasteiger partial charge in [-0.05, 0) is 68.8 Å². The Morgan fingerprint density at radius 3 is 2.48 bits per heavy atom. The Hall–Kier alpha value is -0.820. The Bertz CT molecular complexity index is 466. The topological polar surface area (TPSA) is 20.2 Å². The van der Waals surface area contributed by atoms with Crippen LogP contribution in [0.4, 0.5) is 0 Å². The van der Waals surface area contributed by atoms with Gasteiger partial charge in [-0.1, -0.05) is 50.1 Å². The first kappa shape index (κ1) is 16.5. The molecule has 0 spiro atoms. The fourth-order valence-electron chi connectivity index (χ4n) is 3.90. The average Bonchev–Trinajstić information content (AvgIpc) is 2.73. The highest BCUT2D eigenvalue weighted by molar-refractivity contribution is 5.24. The van der Waals surface area contributed by atoms with Crippen LogP contribution in [0.5, 0.6) is 0 Å². The molecule has 0 heterocycles. The zero-order chi connectivity index (χ0) is 15.6. The molecule has 2 aliphatic rings. The molecule has 0 aromatic heterocycles. The Morgan fingerprint density at radius 1 is 1.14 bits per heavy atom. The van der Waals surface area contributed by atoms with Crippen LogP contribution in [0, 0.1) is 17.3 Å². The molecule has 3 atom stereocenters. The van der Waals surface area contributed by atoms with Gasteiger partial charge in [-0.2, -0.15) is 0 Å². The van der Waals surface area contributed by atoms with Gasteiger partial charge in [0.05, 0.1) is 6.10 Å². The van der Waals surface area contributed by atoms with Crippen LogP contribution in [0.1, 0.15) is 66.7 Å². The van der Waals surface area contributed by atoms with Crippen molar-refractivity contribution in [2.45, 2.75) is 72.8 Å². The summed E-state index contributed by atoms with van der Waals surface area (Å²) >= 11 is 0. The first-order valence-electron chi connectivity index (χ1n) is 8.54. The van der Waals surface area contributed by atoms with E-state index in [4.69, 9.17) is 0 Å². The van der Waals surface area contributed by atoms with E-state index in [1.807, 2.05) is 0 Å². The Labute approximate surface area is 130 Å². The van der Waals surface area contributed by atoms with Crippen molar-refractivity contribution in [1.29, 1.82) is 0 Å². The van der Waals surface area contributed by atoms with E-state index in [1.54, 1.807) is 5.57 Å². The smallest absolute Gasteiger partial charge is 0.0753 e. The van der Waals surface area contributed by atoms with Crippen LogP contribution in [0.25, 0.3) is 0 Å². The molecule has 0 amide bonds. The van der Waals surface area contributed by atoms with E-state index in [0.717, 1.165) is 37.7 Å². The van der Waals surface area contributed by atoms with Crippen molar-refractivity contribution in [2.75, 3.05) is 0 Å². The molecule has 0 unspecified atom stereocenters. The van der Waals surface area contributed by atoms with Crippen LogP contribution in [0.2, 0.25) is 0 Å². The van der Waals surface area contributed by atoms with Crippen LogP contribution in [0.15, 0.2) is 34.9 Å². The van der Waals surface area contributed by atoms with Gasteiger partial charge in [-0.3, -0.25) is 0 Å². The highest BCUT2D eigenvalue weighted by Gasteiger charge is 2.41. The van der Waals surface area contributed by atoms with Gasteiger partial charge < -0.3 is 5.11 Å². The molecule has 1 nitrogen and oxygen atoms in total. The first-order valence-corrected chi connectivity index (χ1v) is 8.54. The summed E-state index contributed by atoms with van der Waals surface area (Å²) in [6, 6.07) is 0. The van der Waals surface area contributed by atoms with E-state index in [9.17, 15) is 5.11 Å². The molecule has 0 aromatic rings. The highest BCUT2D eigenvalue weighted by Crippen LogP contribution is 2.50. The van der Waals surface area contributed by atoms with E-state index in [0.29, 0.717) is 11.8 Å². The van der Waals surface area contributed by atoms with Gasteiger partial charge in [0.15, 0.2) is 0 Å². The van der Waals surface area contributed by atoms with Crippen LogP contribution >= 0.6 is 0 Å². The second-order valence-electron chi connectivity index (χ2n) is 7.76. The Morgan fingerprint density at radius 2 is 1.81 bits per heavy atom. The molecule has 21 heavy (non-hydrogen) atoms. The maximum Gasteiger partial charge on any atom is 0.0753 e. The summed E-state index contributed by atoms with van der Waals surface area (Å²) in [6.45, 7) is 11.3. The predicted molar refractivity (Wildman–Crippen MR) is 91.1 cm³/mol. The van der Waals surface area contributed by atoms with Crippen molar-refractivity contribution >= 4 is 0 Å². The fourth-order valence-corrected chi connectivity index (χ4v) is 3.90. The maximum absolute atomic E-state index is 10.6. The van der Waals surface area contributed by atoms with Gasteiger partial charge in [0.1, 0.15) is 0 Å². The number of aliphatic hydroxyl groups excluding tert-OH is 1. The largest absolute Gasteiger partial charge is 0.389 e. The number of fused-ring (bicyclic) bond motifs is 1. The molecule has 0 bridgehead atoms. The number of allylic oxidation sites excluding steroid dienone is 5. The SMILES string of the molecule is C/C1=C\C[C@]2(C)CC=C(C(C)C)[C@H]2C[C@H](O)/C(C)=C/CC1. The van der Waals surface area contributed by atoms with Crippen molar-refractivity contribution in [2.24, 2.45) is 17.3 Å². The minimum absolute atomic E-state index is 0.284. The van der Waals surface area contributed by atoms with Crippen LogP contribution < -0.4 is 0 Å². The Kier molecular flexibility index (Phi) is 5.14. The van der Waals surface area contributed by atoms with E-state index in [2.05, 4.69) is 52.8 Å². The summed E-state index contributed by atoms with van der Waals surface area (Å²) in [6.07, 6.45) is 12.2. The van der Waals surface area contributed by atoms with E-state index in [-0.39, 0.29) is 11.5 Å². The number of hydrogen-bond acceptors (Lipinski definition) is 1. The predicted octanol–water partition coefficient (Wildman–Crippen LogP) is 5.42. The zero-order valence-corrected chi connectivity index (χ0v) is 14.4. The second kappa shape index (κ2) is 6.52. The van der Waals surface area contributed by atoms with E-state index in [1.165, 1.54) is 5.57 Å². The second-order valence-corrected chi connectivity index (χ2v) is 7.76. The number of rotatable bonds is 1. The summed E-state index contributed by atoms with van der Waals surface area (Å²) in [5.41, 5.74) is 4.50. The van der Waals surface area contributed by atoms with Gasteiger partial charge >= 0.3 is 0 Å². The standard InChI is InChI=1S/C20H32O/c1-14(2)17-10-12-20(5)11-9-15(3)7-6-8-16(4)19(21)13-18(17)20/h8-10,14,18-19,21H,6-7,11-13H2,1-5H3/b15-9+,16-8+/t18-,19+,20-/m1/s1. The summed E-state index contributed by atoms with van der Waals surface area (Å²) in [5, 5.41) is 10.6. The van der Waals surface area contributed by atoms with Gasteiger partial charge in [-0.25, -0.2) is 0 Å². The quantitative estimate of drug-likeness (QED) is 0.638. The third-order valence-electron chi connectivity index (χ3n) is 5.62. The molecule has 0 saturated carbocycles. The lowest BCUT2D eigenvalue weighted by atomic mass is 9.69. The van der Waals surface area contributed by atoms with Crippen LogP contribution in [0.3, 0.4) is 0 Å². The van der Waals surface area contributed by atoms with Gasteiger partial charge in [-0.15, -0.1) is 0 Å². The molecule has 0 aromatic carbocycles. The summed E-state index contributed by atoms with van der Waals surface area (Å²) in [7, 11) is 0. The lowest BCUT2D eigenvalue weighted by Gasteiger charge is -2.35. The molecular formula is C20H32O. The van der Waals surface area contributed by atoms with Crippen molar-refractivity contribution in [3.05, 3.63) is 34.9 Å². The summed E-state index contributed by atoms with van der Waals surface area (Å²) in [4.78, 5) is 0. The molecule has 0 saturated heterocycles. The lowest BCUT2D eigenvalue weighted by molar-refractivity contribution is 0.132. The molecule has 0 fully saturated rings. The van der Waals surface area contributed by atoms with Crippen molar-refractivity contribution in [3.8, 4) is 0 Å². The molecular weight excluding hydrogens is 256 g/mol. The third kappa shape index (κ3) is 3.69. The summed E-state index contributed by atoms with van der Waals surface area (Å²) < 4.78 is 0. The lowest BCUT2D eigenvalue weighted by Crippen LogP contribution is -2.29. The summed E-state index contributed by atoms with van der Waals surface area (Å²) in [5.74, 6) is 1.10. The van der Waals surface area contributed by atoms with Crippen molar-refractivity contribution in [1.82, 2.24) is 0 Å². The third-order valence-corrected chi connectivity index (χ3v) is 5.62. The van der Waals surface area contributed by atoms with Crippen molar-refractivity contribution < 1.29 is 5.11 Å². The monoisotopic (exact) mass is 288 g/mol. The van der Waals surface area contributed by atoms with E-state index < -0.39 is 0 Å². The minimum Gasteiger partial charge on any atom is -0.389 e. The van der Waals surface area contributed by atoms with Crippen molar-refractivity contribution in [3.63, 3.8) is 0 Å². The molecule has 1 heteroatoms. The maximum atomic E-state index is 10.6. The molecule has 0 aliphatic heterocycles. The van der Waals surface area contributed by atoms with E-state index >= 15 is 0 Å². The minimum atomic E-state index is -0.284. The molecule has 2 aliphatic carbocycles. The van der Waals surface area contributed by atoms with Crippen LogP contribution in [-0.4, -0.2) is 11.2 Å². The average molecular weight is 288 g/mol. The molecule has 2 rings (SSSR count). The van der Waals surface area contributed by atoms with Gasteiger partial charge in [0.25, 0.3) is 0 Å². The molecule has 1 N–H and O–H groups in total. The first-order chi connectivity index (χ1) is 9.83. The van der Waals surface area contributed by atoms with Crippen LogP contribution in [-0.2, 0) is 0 Å². The number of hydrogen-bond donors (Lipinski definition) is 1. The number of aliphatic hydroxyl groups is 1. The highest BCUT2D eigenvalue weighted by atomic mass is 16.3. The van der Waals surface area contributed by atoms with Gasteiger partial charge in [0, 0.05) is 0 Å². The molecule has 118 valence electrons.